The molecule has 0 aliphatic carbocycles. The number of anilines is 2. The third-order valence-corrected chi connectivity index (χ3v) is 5.99. The highest BCUT2D eigenvalue weighted by molar-refractivity contribution is 7.80. The van der Waals surface area contributed by atoms with E-state index in [-0.39, 0.29) is 11.5 Å². The van der Waals surface area contributed by atoms with Crippen LogP contribution in [0.1, 0.15) is 23.7 Å². The number of thiocarbonyl (C=S) groups is 1. The van der Waals surface area contributed by atoms with Crippen LogP contribution in [-0.2, 0) is 9.59 Å². The molecule has 10 heteroatoms. The molecule has 0 radical (unpaired) electrons. The lowest BCUT2D eigenvalue weighted by molar-refractivity contribution is -0.124. The summed E-state index contributed by atoms with van der Waals surface area (Å²) in [5.74, 6) is -0.155. The minimum absolute atomic E-state index is 0.0614. The number of hydrogen-bond acceptors (Lipinski definition) is 6. The lowest BCUT2D eigenvalue weighted by Crippen LogP contribution is -2.49. The minimum Gasteiger partial charge on any atom is -0.497 e. The Hall–Kier alpha value is -4.44. The van der Waals surface area contributed by atoms with Crippen LogP contribution in [0.5, 0.6) is 11.5 Å². The van der Waals surface area contributed by atoms with Crippen molar-refractivity contribution in [2.24, 2.45) is 0 Å². The highest BCUT2D eigenvalue weighted by Crippen LogP contribution is 2.27. The monoisotopic (exact) mass is 518 g/mol. The molecule has 4 rings (SSSR count). The normalized spacial score (nSPS) is 14.9. The maximum absolute atomic E-state index is 13.5. The van der Waals surface area contributed by atoms with Crippen molar-refractivity contribution < 1.29 is 23.9 Å². The predicted molar refractivity (Wildman–Crippen MR) is 143 cm³/mol. The zero-order valence-electron chi connectivity index (χ0n) is 20.3. The number of carbonyl (C=O) groups is 3. The Morgan fingerprint density at radius 1 is 0.973 bits per heavy atom. The molecular weight excluding hydrogens is 492 g/mol. The van der Waals surface area contributed by atoms with Crippen molar-refractivity contribution in [2.75, 3.05) is 23.9 Å². The van der Waals surface area contributed by atoms with Gasteiger partial charge < -0.3 is 14.8 Å². The summed E-state index contributed by atoms with van der Waals surface area (Å²) in [6.45, 7) is 2.42. The third kappa shape index (κ3) is 5.87. The number of para-hydroxylation sites is 1. The van der Waals surface area contributed by atoms with Crippen molar-refractivity contribution in [1.82, 2.24) is 10.4 Å². The van der Waals surface area contributed by atoms with Crippen molar-refractivity contribution in [3.63, 3.8) is 0 Å². The molecule has 3 aromatic carbocycles. The Labute approximate surface area is 219 Å². The summed E-state index contributed by atoms with van der Waals surface area (Å²) in [4.78, 5) is 40.8. The van der Waals surface area contributed by atoms with Gasteiger partial charge in [0.05, 0.1) is 25.8 Å². The summed E-state index contributed by atoms with van der Waals surface area (Å²) >= 11 is 5.58. The van der Waals surface area contributed by atoms with E-state index in [1.54, 1.807) is 72.8 Å². The van der Waals surface area contributed by atoms with E-state index in [9.17, 15) is 14.4 Å². The largest absolute Gasteiger partial charge is 0.497 e. The Kier molecular flexibility index (Phi) is 7.99. The molecule has 37 heavy (non-hydrogen) atoms. The number of nitrogens with zero attached hydrogens (tertiary/aromatic N) is 2. The van der Waals surface area contributed by atoms with Crippen LogP contribution in [0.2, 0.25) is 0 Å². The molecule has 1 unspecified atom stereocenters. The van der Waals surface area contributed by atoms with E-state index in [4.69, 9.17) is 21.7 Å². The van der Waals surface area contributed by atoms with E-state index in [0.717, 1.165) is 0 Å². The molecule has 1 fully saturated rings. The Morgan fingerprint density at radius 3 is 2.38 bits per heavy atom. The molecule has 1 atom stereocenters. The first-order chi connectivity index (χ1) is 17.9. The number of hydrogen-bond donors (Lipinski definition) is 2. The van der Waals surface area contributed by atoms with Gasteiger partial charge in [-0.05, 0) is 73.7 Å². The number of benzene rings is 3. The second-order valence-electron chi connectivity index (χ2n) is 8.06. The second-order valence-corrected chi connectivity index (χ2v) is 8.43. The molecule has 0 bridgehead atoms. The van der Waals surface area contributed by atoms with Crippen molar-refractivity contribution in [2.45, 2.75) is 19.4 Å². The Morgan fingerprint density at radius 2 is 1.70 bits per heavy atom. The van der Waals surface area contributed by atoms with Gasteiger partial charge in [-0.2, -0.15) is 0 Å². The molecule has 2 N–H and O–H groups in total. The average Bonchev–Trinajstić information content (AvgIpc) is 3.14. The van der Waals surface area contributed by atoms with Gasteiger partial charge >= 0.3 is 0 Å². The Bertz CT molecular complexity index is 1300. The molecule has 1 saturated heterocycles. The quantitative estimate of drug-likeness (QED) is 0.416. The van der Waals surface area contributed by atoms with E-state index in [0.29, 0.717) is 35.0 Å². The number of methoxy groups -OCH3 is 1. The smallest absolute Gasteiger partial charge is 0.270 e. The molecule has 0 spiro atoms. The molecule has 190 valence electrons. The minimum atomic E-state index is -1.05. The lowest BCUT2D eigenvalue weighted by Gasteiger charge is -2.24. The number of hydrazine groups is 1. The van der Waals surface area contributed by atoms with Crippen molar-refractivity contribution in [1.29, 1.82) is 0 Å². The maximum Gasteiger partial charge on any atom is 0.270 e. The highest BCUT2D eigenvalue weighted by atomic mass is 32.1. The summed E-state index contributed by atoms with van der Waals surface area (Å²) in [7, 11) is 1.50. The lowest BCUT2D eigenvalue weighted by atomic mass is 10.1. The van der Waals surface area contributed by atoms with Crippen LogP contribution < -0.4 is 25.1 Å². The molecule has 1 aliphatic rings. The summed E-state index contributed by atoms with van der Waals surface area (Å²) in [5, 5.41) is 4.11. The van der Waals surface area contributed by atoms with E-state index in [1.165, 1.54) is 17.0 Å². The molecule has 0 aromatic heterocycles. The molecular formula is C27H26N4O5S. The van der Waals surface area contributed by atoms with E-state index >= 15 is 0 Å². The van der Waals surface area contributed by atoms with Gasteiger partial charge in [0.25, 0.3) is 11.8 Å². The standard InChI is InChI=1S/C27H26N4O5S/c1-3-36-21-14-12-19(13-15-21)28-24(32)17-23-26(34)30(20-9-5-4-6-10-20)27(37)31(23)29-25(33)18-8-7-11-22(16-18)35-2/h4-16,23H,3,17H2,1-2H3,(H,28,32)(H,29,33). The number of carbonyl (C=O) groups excluding carboxylic acids is 3. The average molecular weight is 519 g/mol. The Balaban J connectivity index is 1.56. The van der Waals surface area contributed by atoms with Gasteiger partial charge in [0.2, 0.25) is 11.0 Å². The SMILES string of the molecule is CCOc1ccc(NC(=O)CC2C(=O)N(c3ccccc3)C(=S)N2NC(=O)c2cccc(OC)c2)cc1. The highest BCUT2D eigenvalue weighted by Gasteiger charge is 2.45. The molecule has 0 saturated carbocycles. The zero-order chi connectivity index (χ0) is 26.4. The van der Waals surface area contributed by atoms with Gasteiger partial charge in [0, 0.05) is 11.3 Å². The van der Waals surface area contributed by atoms with Crippen molar-refractivity contribution in [3.05, 3.63) is 84.4 Å². The summed E-state index contributed by atoms with van der Waals surface area (Å²) in [6, 6.07) is 21.3. The van der Waals surface area contributed by atoms with Crippen LogP contribution in [0.25, 0.3) is 0 Å². The van der Waals surface area contributed by atoms with E-state index < -0.39 is 23.8 Å². The summed E-state index contributed by atoms with van der Waals surface area (Å²) < 4.78 is 10.6. The first-order valence-corrected chi connectivity index (χ1v) is 12.0. The van der Waals surface area contributed by atoms with Gasteiger partial charge in [-0.1, -0.05) is 24.3 Å². The molecule has 3 aromatic rings. The third-order valence-electron chi connectivity index (χ3n) is 5.61. The fourth-order valence-corrected chi connectivity index (χ4v) is 4.21. The number of nitrogens with one attached hydrogen (secondary N) is 2. The van der Waals surface area contributed by atoms with Crippen LogP contribution in [0.15, 0.2) is 78.9 Å². The molecule has 1 aliphatic heterocycles. The van der Waals surface area contributed by atoms with Gasteiger partial charge in [0.1, 0.15) is 17.5 Å². The first kappa shape index (κ1) is 25.6. The first-order valence-electron chi connectivity index (χ1n) is 11.6. The van der Waals surface area contributed by atoms with E-state index in [2.05, 4.69) is 10.7 Å². The number of rotatable bonds is 9. The fraction of sp³-hybridized carbons (Fsp3) is 0.185. The fourth-order valence-electron chi connectivity index (χ4n) is 3.84. The van der Waals surface area contributed by atoms with Crippen LogP contribution in [0.4, 0.5) is 11.4 Å². The van der Waals surface area contributed by atoms with Crippen LogP contribution >= 0.6 is 12.2 Å². The number of ether oxygens (including phenoxy) is 2. The topological polar surface area (TPSA) is 100 Å². The van der Waals surface area contributed by atoms with Gasteiger partial charge in [-0.25, -0.2) is 5.01 Å². The van der Waals surface area contributed by atoms with Crippen molar-refractivity contribution in [3.8, 4) is 11.5 Å². The zero-order valence-corrected chi connectivity index (χ0v) is 21.2. The molecule has 1 heterocycles. The van der Waals surface area contributed by atoms with Crippen LogP contribution in [-0.4, -0.2) is 47.6 Å². The maximum atomic E-state index is 13.5. The van der Waals surface area contributed by atoms with E-state index in [1.807, 2.05) is 13.0 Å². The predicted octanol–water partition coefficient (Wildman–Crippen LogP) is 3.77. The van der Waals surface area contributed by atoms with Gasteiger partial charge in [-0.3, -0.25) is 24.7 Å². The van der Waals surface area contributed by atoms with Crippen molar-refractivity contribution >= 4 is 46.4 Å². The summed E-state index contributed by atoms with van der Waals surface area (Å²) in [5.41, 5.74) is 4.10. The molecule has 9 nitrogen and oxygen atoms in total. The van der Waals surface area contributed by atoms with Gasteiger partial charge in [-0.15, -0.1) is 0 Å². The van der Waals surface area contributed by atoms with Crippen LogP contribution in [0, 0.1) is 0 Å². The van der Waals surface area contributed by atoms with Crippen LogP contribution in [0.3, 0.4) is 0 Å². The summed E-state index contributed by atoms with van der Waals surface area (Å²) in [6.07, 6.45) is -0.242. The number of amides is 3. The molecule has 3 amide bonds. The van der Waals surface area contributed by atoms with Gasteiger partial charge in [0.15, 0.2) is 0 Å². The second kappa shape index (κ2) is 11.5.